The molecule has 2 rings (SSSR count). The first-order valence-electron chi connectivity index (χ1n) is 4.27. The van der Waals surface area contributed by atoms with Crippen LogP contribution in [0.25, 0.3) is 0 Å². The van der Waals surface area contributed by atoms with Crippen molar-refractivity contribution in [2.75, 3.05) is 13.2 Å². The summed E-state index contributed by atoms with van der Waals surface area (Å²) < 4.78 is 23.5. The molecule has 2 nitrogen and oxygen atoms in total. The van der Waals surface area contributed by atoms with Crippen molar-refractivity contribution in [3.05, 3.63) is 29.6 Å². The molecular formula is C10H11FO2. The zero-order valence-corrected chi connectivity index (χ0v) is 7.42. The van der Waals surface area contributed by atoms with Gasteiger partial charge < -0.3 is 9.47 Å². The summed E-state index contributed by atoms with van der Waals surface area (Å²) in [7, 11) is 0. The van der Waals surface area contributed by atoms with Gasteiger partial charge in [0.2, 0.25) is 0 Å². The van der Waals surface area contributed by atoms with E-state index in [1.54, 1.807) is 25.1 Å². The molecule has 0 saturated carbocycles. The van der Waals surface area contributed by atoms with E-state index < -0.39 is 0 Å². The second-order valence-corrected chi connectivity index (χ2v) is 3.15. The van der Waals surface area contributed by atoms with Gasteiger partial charge in [0.15, 0.2) is 11.6 Å². The first kappa shape index (κ1) is 8.51. The number of epoxide rings is 1. The second kappa shape index (κ2) is 3.34. The van der Waals surface area contributed by atoms with E-state index in [0.717, 1.165) is 6.61 Å². The lowest BCUT2D eigenvalue weighted by Gasteiger charge is -2.06. The molecular weight excluding hydrogens is 171 g/mol. The third-order valence-electron chi connectivity index (χ3n) is 1.98. The summed E-state index contributed by atoms with van der Waals surface area (Å²) in [5.74, 6) is 0.0404. The van der Waals surface area contributed by atoms with Gasteiger partial charge in [-0.05, 0) is 18.6 Å². The van der Waals surface area contributed by atoms with Gasteiger partial charge in [0.05, 0.1) is 6.61 Å². The first-order valence-corrected chi connectivity index (χ1v) is 4.27. The molecule has 70 valence electrons. The van der Waals surface area contributed by atoms with Crippen molar-refractivity contribution < 1.29 is 13.9 Å². The van der Waals surface area contributed by atoms with Crippen molar-refractivity contribution in [3.63, 3.8) is 0 Å². The fourth-order valence-corrected chi connectivity index (χ4v) is 1.08. The molecule has 0 N–H and O–H groups in total. The molecule has 0 aliphatic carbocycles. The maximum Gasteiger partial charge on any atom is 0.167 e. The van der Waals surface area contributed by atoms with Crippen LogP contribution in [0.1, 0.15) is 5.56 Å². The molecule has 13 heavy (non-hydrogen) atoms. The predicted molar refractivity (Wildman–Crippen MR) is 46.4 cm³/mol. The lowest BCUT2D eigenvalue weighted by molar-refractivity contribution is 0.253. The highest BCUT2D eigenvalue weighted by atomic mass is 19.1. The summed E-state index contributed by atoms with van der Waals surface area (Å²) >= 11 is 0. The molecule has 0 spiro atoms. The highest BCUT2D eigenvalue weighted by Crippen LogP contribution is 2.21. The Morgan fingerprint density at radius 3 is 3.08 bits per heavy atom. The molecule has 1 fully saturated rings. The van der Waals surface area contributed by atoms with Crippen LogP contribution in [-0.2, 0) is 4.74 Å². The maximum atomic E-state index is 13.3. The molecule has 1 aliphatic rings. The van der Waals surface area contributed by atoms with E-state index in [1.165, 1.54) is 0 Å². The number of aryl methyl sites for hydroxylation is 1. The average molecular weight is 182 g/mol. The molecule has 0 radical (unpaired) electrons. The normalized spacial score (nSPS) is 20.0. The van der Waals surface area contributed by atoms with Gasteiger partial charge in [-0.2, -0.15) is 0 Å². The van der Waals surface area contributed by atoms with Gasteiger partial charge in [-0.15, -0.1) is 0 Å². The number of hydrogen-bond acceptors (Lipinski definition) is 2. The Morgan fingerprint density at radius 2 is 2.38 bits per heavy atom. The minimum atomic E-state index is -0.275. The zero-order valence-electron chi connectivity index (χ0n) is 7.42. The Labute approximate surface area is 76.3 Å². The smallest absolute Gasteiger partial charge is 0.167 e. The summed E-state index contributed by atoms with van der Waals surface area (Å²) in [5, 5.41) is 0. The number of rotatable bonds is 3. The van der Waals surface area contributed by atoms with Crippen LogP contribution in [0.2, 0.25) is 0 Å². The van der Waals surface area contributed by atoms with E-state index in [4.69, 9.17) is 9.47 Å². The maximum absolute atomic E-state index is 13.3. The van der Waals surface area contributed by atoms with Crippen molar-refractivity contribution in [2.45, 2.75) is 13.0 Å². The van der Waals surface area contributed by atoms with Gasteiger partial charge in [0.25, 0.3) is 0 Å². The molecule has 1 atom stereocenters. The second-order valence-electron chi connectivity index (χ2n) is 3.15. The Bertz CT molecular complexity index is 308. The Morgan fingerprint density at radius 1 is 1.62 bits per heavy atom. The summed E-state index contributed by atoms with van der Waals surface area (Å²) in [4.78, 5) is 0. The number of ether oxygens (including phenoxy) is 2. The van der Waals surface area contributed by atoms with Gasteiger partial charge in [0, 0.05) is 0 Å². The van der Waals surface area contributed by atoms with Crippen molar-refractivity contribution in [1.29, 1.82) is 0 Å². The highest BCUT2D eigenvalue weighted by Gasteiger charge is 2.23. The highest BCUT2D eigenvalue weighted by molar-refractivity contribution is 5.30. The Balaban J connectivity index is 2.05. The Hall–Kier alpha value is -1.09. The Kier molecular flexibility index (Phi) is 2.19. The summed E-state index contributed by atoms with van der Waals surface area (Å²) in [6.45, 7) is 2.89. The fraction of sp³-hybridized carbons (Fsp3) is 0.400. The monoisotopic (exact) mass is 182 g/mol. The fourth-order valence-electron chi connectivity index (χ4n) is 1.08. The molecule has 0 amide bonds. The van der Waals surface area contributed by atoms with E-state index in [2.05, 4.69) is 0 Å². The van der Waals surface area contributed by atoms with Crippen LogP contribution in [0.3, 0.4) is 0 Å². The molecule has 1 aromatic rings. The van der Waals surface area contributed by atoms with Crippen molar-refractivity contribution in [1.82, 2.24) is 0 Å². The predicted octanol–water partition coefficient (Wildman–Crippen LogP) is 1.91. The van der Waals surface area contributed by atoms with E-state index in [-0.39, 0.29) is 11.9 Å². The number of halogens is 1. The van der Waals surface area contributed by atoms with Gasteiger partial charge in [0.1, 0.15) is 12.7 Å². The van der Waals surface area contributed by atoms with Gasteiger partial charge in [-0.3, -0.25) is 0 Å². The van der Waals surface area contributed by atoms with E-state index >= 15 is 0 Å². The van der Waals surface area contributed by atoms with E-state index in [1.807, 2.05) is 0 Å². The molecule has 1 saturated heterocycles. The van der Waals surface area contributed by atoms with Crippen LogP contribution in [0, 0.1) is 12.7 Å². The summed E-state index contributed by atoms with van der Waals surface area (Å²) in [5.41, 5.74) is 0.606. The molecule has 1 aromatic carbocycles. The van der Waals surface area contributed by atoms with Crippen molar-refractivity contribution in [3.8, 4) is 5.75 Å². The number of benzene rings is 1. The molecule has 1 heterocycles. The third kappa shape index (κ3) is 1.98. The van der Waals surface area contributed by atoms with Crippen LogP contribution in [-0.4, -0.2) is 19.3 Å². The largest absolute Gasteiger partial charge is 0.488 e. The van der Waals surface area contributed by atoms with Crippen molar-refractivity contribution >= 4 is 0 Å². The summed E-state index contributed by atoms with van der Waals surface area (Å²) in [6.07, 6.45) is 0.167. The lowest BCUT2D eigenvalue weighted by atomic mass is 10.2. The first-order chi connectivity index (χ1) is 6.27. The standard InChI is InChI=1S/C10H11FO2/c1-7-3-2-4-9(10(7)11)13-6-8-5-12-8/h2-4,8H,5-6H2,1H3. The zero-order chi connectivity index (χ0) is 9.26. The molecule has 0 aromatic heterocycles. The van der Waals surface area contributed by atoms with Crippen molar-refractivity contribution in [2.24, 2.45) is 0 Å². The summed E-state index contributed by atoms with van der Waals surface area (Å²) in [6, 6.07) is 5.13. The molecule has 0 bridgehead atoms. The van der Waals surface area contributed by atoms with E-state index in [9.17, 15) is 4.39 Å². The van der Waals surface area contributed by atoms with Gasteiger partial charge in [-0.1, -0.05) is 12.1 Å². The van der Waals surface area contributed by atoms with E-state index in [0.29, 0.717) is 17.9 Å². The minimum absolute atomic E-state index is 0.167. The molecule has 1 unspecified atom stereocenters. The topological polar surface area (TPSA) is 21.8 Å². The number of hydrogen-bond donors (Lipinski definition) is 0. The lowest BCUT2D eigenvalue weighted by Crippen LogP contribution is -2.05. The minimum Gasteiger partial charge on any atom is -0.488 e. The van der Waals surface area contributed by atoms with Crippen LogP contribution in [0.15, 0.2) is 18.2 Å². The van der Waals surface area contributed by atoms with Crippen LogP contribution < -0.4 is 4.74 Å². The van der Waals surface area contributed by atoms with Gasteiger partial charge in [-0.25, -0.2) is 4.39 Å². The van der Waals surface area contributed by atoms with Crippen LogP contribution >= 0.6 is 0 Å². The SMILES string of the molecule is Cc1cccc(OCC2CO2)c1F. The third-order valence-corrected chi connectivity index (χ3v) is 1.98. The van der Waals surface area contributed by atoms with Crippen LogP contribution in [0.4, 0.5) is 4.39 Å². The average Bonchev–Trinajstić information content (AvgIpc) is 2.91. The molecule has 1 aliphatic heterocycles. The molecule has 3 heteroatoms. The van der Waals surface area contributed by atoms with Crippen LogP contribution in [0.5, 0.6) is 5.75 Å². The van der Waals surface area contributed by atoms with Gasteiger partial charge >= 0.3 is 0 Å². The quantitative estimate of drug-likeness (QED) is 0.666.